The number of hydrogen-bond acceptors (Lipinski definition) is 4. The number of amides is 1. The molecule has 28 heavy (non-hydrogen) atoms. The first-order valence-electron chi connectivity index (χ1n) is 9.41. The Bertz CT molecular complexity index is 803. The summed E-state index contributed by atoms with van der Waals surface area (Å²) >= 11 is 3.50. The summed E-state index contributed by atoms with van der Waals surface area (Å²) in [6.07, 6.45) is 1.76. The highest BCUT2D eigenvalue weighted by atomic mass is 79.9. The average Bonchev–Trinajstić information content (AvgIpc) is 2.66. The largest absolute Gasteiger partial charge is 0.492 e. The minimum absolute atomic E-state index is 0.0958. The molecule has 2 aromatic carbocycles. The summed E-state index contributed by atoms with van der Waals surface area (Å²) in [6, 6.07) is 12.7. The fourth-order valence-corrected chi connectivity index (χ4v) is 3.03. The highest BCUT2D eigenvalue weighted by Gasteiger charge is 2.10. The van der Waals surface area contributed by atoms with Crippen molar-refractivity contribution in [3.05, 3.63) is 58.1 Å². The second kappa shape index (κ2) is 10.9. The summed E-state index contributed by atoms with van der Waals surface area (Å²) in [5.41, 5.74) is 2.34. The van der Waals surface area contributed by atoms with Crippen LogP contribution in [0.15, 0.2) is 46.9 Å². The highest BCUT2D eigenvalue weighted by molar-refractivity contribution is 9.10. The van der Waals surface area contributed by atoms with Gasteiger partial charge in [0.15, 0.2) is 0 Å². The molecule has 0 aliphatic heterocycles. The van der Waals surface area contributed by atoms with E-state index in [1.54, 1.807) is 38.1 Å². The minimum Gasteiger partial charge on any atom is -0.492 e. The first kappa shape index (κ1) is 22.0. The van der Waals surface area contributed by atoms with Gasteiger partial charge in [0.05, 0.1) is 22.7 Å². The number of esters is 1. The summed E-state index contributed by atoms with van der Waals surface area (Å²) in [6.45, 7) is 6.16. The normalized spacial score (nSPS) is 10.6. The molecule has 2 rings (SSSR count). The van der Waals surface area contributed by atoms with Crippen LogP contribution in [0.2, 0.25) is 0 Å². The van der Waals surface area contributed by atoms with E-state index in [2.05, 4.69) is 28.2 Å². The zero-order chi connectivity index (χ0) is 20.5. The number of benzene rings is 2. The maximum atomic E-state index is 12.1. The number of anilines is 1. The van der Waals surface area contributed by atoms with Gasteiger partial charge in [0, 0.05) is 12.1 Å². The number of ether oxygens (including phenoxy) is 2. The number of hydrogen-bond donors (Lipinski definition) is 1. The number of rotatable bonds is 9. The van der Waals surface area contributed by atoms with Gasteiger partial charge in [0.1, 0.15) is 5.75 Å². The Morgan fingerprint density at radius 3 is 2.43 bits per heavy atom. The molecule has 0 aliphatic carbocycles. The van der Waals surface area contributed by atoms with Crippen molar-refractivity contribution in [2.45, 2.75) is 46.1 Å². The molecule has 0 aromatic heterocycles. The van der Waals surface area contributed by atoms with Crippen molar-refractivity contribution < 1.29 is 19.1 Å². The fraction of sp³-hybridized carbons (Fsp3) is 0.364. The lowest BCUT2D eigenvalue weighted by molar-refractivity contribution is -0.116. The van der Waals surface area contributed by atoms with Crippen LogP contribution in [0.1, 0.15) is 49.5 Å². The smallest absolute Gasteiger partial charge is 0.338 e. The average molecular weight is 448 g/mol. The lowest BCUT2D eigenvalue weighted by Gasteiger charge is -2.10. The van der Waals surface area contributed by atoms with Crippen LogP contribution in [0.4, 0.5) is 5.69 Å². The minimum atomic E-state index is -0.372. The molecule has 1 N–H and O–H groups in total. The van der Waals surface area contributed by atoms with E-state index in [0.717, 1.165) is 16.6 Å². The third-order valence-electron chi connectivity index (χ3n) is 3.96. The molecule has 0 spiro atoms. The maximum Gasteiger partial charge on any atom is 0.338 e. The molecule has 1 amide bonds. The van der Waals surface area contributed by atoms with Crippen LogP contribution in [0.25, 0.3) is 0 Å². The van der Waals surface area contributed by atoms with E-state index in [4.69, 9.17) is 9.47 Å². The van der Waals surface area contributed by atoms with Crippen LogP contribution in [-0.2, 0) is 16.0 Å². The number of aryl methyl sites for hydroxylation is 1. The molecule has 0 unspecified atom stereocenters. The Balaban J connectivity index is 1.74. The van der Waals surface area contributed by atoms with Crippen molar-refractivity contribution in [2.24, 2.45) is 0 Å². The molecular weight excluding hydrogens is 422 g/mol. The number of carbonyl (C=O) groups is 2. The van der Waals surface area contributed by atoms with Gasteiger partial charge in [-0.05, 0) is 84.6 Å². The van der Waals surface area contributed by atoms with Gasteiger partial charge >= 0.3 is 5.97 Å². The Morgan fingerprint density at radius 2 is 1.82 bits per heavy atom. The van der Waals surface area contributed by atoms with Crippen LogP contribution in [-0.4, -0.2) is 24.6 Å². The monoisotopic (exact) mass is 447 g/mol. The van der Waals surface area contributed by atoms with Crippen molar-refractivity contribution >= 4 is 33.5 Å². The standard InChI is InChI=1S/C22H26BrNO4/c1-4-16-7-12-20(19(23)14-16)27-13-5-6-21(25)24-18-10-8-17(9-11-18)22(26)28-15(2)3/h7-12,14-15H,4-6,13H2,1-3H3,(H,24,25). The molecule has 0 bridgehead atoms. The summed E-state index contributed by atoms with van der Waals surface area (Å²) in [4.78, 5) is 23.9. The van der Waals surface area contributed by atoms with Crippen LogP contribution < -0.4 is 10.1 Å². The molecule has 0 atom stereocenters. The van der Waals surface area contributed by atoms with Gasteiger partial charge in [-0.25, -0.2) is 4.79 Å². The fourth-order valence-electron chi connectivity index (χ4n) is 2.49. The third-order valence-corrected chi connectivity index (χ3v) is 4.58. The Labute approximate surface area is 174 Å². The van der Waals surface area contributed by atoms with E-state index < -0.39 is 0 Å². The molecule has 0 radical (unpaired) electrons. The Hall–Kier alpha value is -2.34. The third kappa shape index (κ3) is 7.00. The summed E-state index contributed by atoms with van der Waals surface area (Å²) in [5.74, 6) is 0.311. The van der Waals surface area contributed by atoms with Crippen molar-refractivity contribution in [1.82, 2.24) is 0 Å². The molecule has 0 saturated heterocycles. The van der Waals surface area contributed by atoms with E-state index in [1.165, 1.54) is 5.56 Å². The zero-order valence-corrected chi connectivity index (χ0v) is 18.0. The molecule has 0 fully saturated rings. The first-order valence-corrected chi connectivity index (χ1v) is 10.2. The lowest BCUT2D eigenvalue weighted by atomic mass is 10.2. The van der Waals surface area contributed by atoms with Gasteiger partial charge in [0.2, 0.25) is 5.91 Å². The molecule has 0 saturated carbocycles. The van der Waals surface area contributed by atoms with Crippen LogP contribution in [0.3, 0.4) is 0 Å². The van der Waals surface area contributed by atoms with Gasteiger partial charge in [-0.2, -0.15) is 0 Å². The van der Waals surface area contributed by atoms with Crippen molar-refractivity contribution in [3.8, 4) is 5.75 Å². The second-order valence-corrected chi connectivity index (χ2v) is 7.50. The SMILES string of the molecule is CCc1ccc(OCCCC(=O)Nc2ccc(C(=O)OC(C)C)cc2)c(Br)c1. The highest BCUT2D eigenvalue weighted by Crippen LogP contribution is 2.26. The molecule has 0 aliphatic rings. The van der Waals surface area contributed by atoms with Crippen LogP contribution >= 0.6 is 15.9 Å². The summed E-state index contributed by atoms with van der Waals surface area (Å²) in [7, 11) is 0. The van der Waals surface area contributed by atoms with Gasteiger partial charge in [0.25, 0.3) is 0 Å². The zero-order valence-electron chi connectivity index (χ0n) is 16.5. The number of carbonyl (C=O) groups excluding carboxylic acids is 2. The first-order chi connectivity index (χ1) is 13.4. The van der Waals surface area contributed by atoms with E-state index >= 15 is 0 Å². The molecular formula is C22H26BrNO4. The van der Waals surface area contributed by atoms with Crippen molar-refractivity contribution in [2.75, 3.05) is 11.9 Å². The Kier molecular flexibility index (Phi) is 8.51. The predicted octanol–water partition coefficient (Wildman–Crippen LogP) is 5.37. The molecule has 150 valence electrons. The lowest BCUT2D eigenvalue weighted by Crippen LogP contribution is -2.14. The maximum absolute atomic E-state index is 12.1. The van der Waals surface area contributed by atoms with Gasteiger partial charge in [-0.15, -0.1) is 0 Å². The second-order valence-electron chi connectivity index (χ2n) is 6.65. The van der Waals surface area contributed by atoms with Crippen molar-refractivity contribution in [1.29, 1.82) is 0 Å². The summed E-state index contributed by atoms with van der Waals surface area (Å²) in [5, 5.41) is 2.82. The molecule has 6 heteroatoms. The number of nitrogens with one attached hydrogen (secondary N) is 1. The van der Waals surface area contributed by atoms with E-state index in [9.17, 15) is 9.59 Å². The van der Waals surface area contributed by atoms with Gasteiger partial charge < -0.3 is 14.8 Å². The number of halogens is 1. The van der Waals surface area contributed by atoms with Crippen LogP contribution in [0.5, 0.6) is 5.75 Å². The van der Waals surface area contributed by atoms with E-state index in [0.29, 0.717) is 30.7 Å². The van der Waals surface area contributed by atoms with Gasteiger partial charge in [-0.3, -0.25) is 4.79 Å². The van der Waals surface area contributed by atoms with E-state index in [1.807, 2.05) is 18.2 Å². The molecule has 0 heterocycles. The Morgan fingerprint density at radius 1 is 1.11 bits per heavy atom. The van der Waals surface area contributed by atoms with Gasteiger partial charge in [-0.1, -0.05) is 13.0 Å². The molecule has 2 aromatic rings. The van der Waals surface area contributed by atoms with Crippen molar-refractivity contribution in [3.63, 3.8) is 0 Å². The molecule has 5 nitrogen and oxygen atoms in total. The van der Waals surface area contributed by atoms with Crippen LogP contribution in [0, 0.1) is 0 Å². The topological polar surface area (TPSA) is 64.6 Å². The quantitative estimate of drug-likeness (QED) is 0.414. The van der Waals surface area contributed by atoms with E-state index in [-0.39, 0.29) is 18.0 Å². The summed E-state index contributed by atoms with van der Waals surface area (Å²) < 4.78 is 11.8. The predicted molar refractivity (Wildman–Crippen MR) is 114 cm³/mol.